The lowest BCUT2D eigenvalue weighted by atomic mass is 9.94. The Kier molecular flexibility index (Phi) is 7.87. The molecule has 1 amide bonds. The number of aryl methyl sites for hydroxylation is 1. The molecule has 1 N–H and O–H groups in total. The van der Waals surface area contributed by atoms with Crippen molar-refractivity contribution in [1.29, 1.82) is 0 Å². The first-order valence-electron chi connectivity index (χ1n) is 15.5. The number of fused-ring (bicyclic) bond motifs is 3. The second-order valence-electron chi connectivity index (χ2n) is 12.2. The maximum absolute atomic E-state index is 16.1. The summed E-state index contributed by atoms with van der Waals surface area (Å²) in [6.07, 6.45) is 2.27. The lowest BCUT2D eigenvalue weighted by Gasteiger charge is -2.36. The summed E-state index contributed by atoms with van der Waals surface area (Å²) >= 11 is 1.13. The fraction of sp³-hybridized carbons (Fsp3) is 0.250. The van der Waals surface area contributed by atoms with Gasteiger partial charge in [-0.25, -0.2) is 18.2 Å². The third-order valence-electron chi connectivity index (χ3n) is 8.82. The van der Waals surface area contributed by atoms with E-state index in [1.165, 1.54) is 18.4 Å². The molecule has 0 bridgehead atoms. The number of benzene rings is 2. The van der Waals surface area contributed by atoms with E-state index in [0.717, 1.165) is 28.3 Å². The number of aliphatic hydroxyl groups is 1. The molecular formula is C36H32F3N5O3S. The van der Waals surface area contributed by atoms with Gasteiger partial charge in [0.1, 0.15) is 41.2 Å². The average Bonchev–Trinajstić information content (AvgIpc) is 3.78. The normalized spacial score (nSPS) is 16.8. The highest BCUT2D eigenvalue weighted by Crippen LogP contribution is 2.48. The second kappa shape index (κ2) is 11.9. The van der Waals surface area contributed by atoms with Crippen molar-refractivity contribution in [2.75, 3.05) is 13.2 Å². The van der Waals surface area contributed by atoms with Gasteiger partial charge in [0, 0.05) is 64.7 Å². The van der Waals surface area contributed by atoms with Crippen molar-refractivity contribution in [3.63, 3.8) is 0 Å². The number of thiophene rings is 1. The van der Waals surface area contributed by atoms with Crippen LogP contribution in [-0.2, 0) is 11.8 Å². The van der Waals surface area contributed by atoms with Gasteiger partial charge in [-0.2, -0.15) is 5.10 Å². The molecule has 6 aromatic rings. The van der Waals surface area contributed by atoms with Gasteiger partial charge in [-0.3, -0.25) is 9.48 Å². The predicted octanol–water partition coefficient (Wildman–Crippen LogP) is 7.81. The van der Waals surface area contributed by atoms with E-state index in [-0.39, 0.29) is 52.6 Å². The third kappa shape index (κ3) is 5.15. The minimum Gasteiger partial charge on any atom is -0.490 e. The molecule has 0 spiro atoms. The average molecular weight is 672 g/mol. The molecule has 0 fully saturated rings. The number of amides is 1. The van der Waals surface area contributed by atoms with Crippen LogP contribution in [0, 0.1) is 17.5 Å². The van der Waals surface area contributed by atoms with Gasteiger partial charge >= 0.3 is 0 Å². The molecule has 1 unspecified atom stereocenters. The molecule has 0 aliphatic carbocycles. The smallest absolute Gasteiger partial charge is 0.246 e. The van der Waals surface area contributed by atoms with Crippen molar-refractivity contribution < 1.29 is 27.8 Å². The van der Waals surface area contributed by atoms with Gasteiger partial charge in [0.15, 0.2) is 0 Å². The molecule has 3 atom stereocenters. The molecule has 4 aromatic heterocycles. The van der Waals surface area contributed by atoms with Crippen LogP contribution in [0.2, 0.25) is 0 Å². The van der Waals surface area contributed by atoms with Crippen molar-refractivity contribution in [3.8, 4) is 39.5 Å². The van der Waals surface area contributed by atoms with Crippen molar-refractivity contribution in [3.05, 3.63) is 89.8 Å². The Hall–Kier alpha value is -4.94. The first-order chi connectivity index (χ1) is 23.0. The molecule has 5 heterocycles. The minimum atomic E-state index is -0.988. The van der Waals surface area contributed by atoms with E-state index in [4.69, 9.17) is 14.8 Å². The number of aromatic nitrogens is 4. The van der Waals surface area contributed by atoms with E-state index in [9.17, 15) is 14.3 Å². The quantitative estimate of drug-likeness (QED) is 0.175. The summed E-state index contributed by atoms with van der Waals surface area (Å²) in [5, 5.41) is 17.2. The Morgan fingerprint density at radius 3 is 2.67 bits per heavy atom. The summed E-state index contributed by atoms with van der Waals surface area (Å²) in [7, 11) is 1.95. The summed E-state index contributed by atoms with van der Waals surface area (Å²) in [6.45, 7) is 9.04. The van der Waals surface area contributed by atoms with Crippen LogP contribution >= 0.6 is 11.3 Å². The van der Waals surface area contributed by atoms with E-state index < -0.39 is 23.6 Å². The van der Waals surface area contributed by atoms with E-state index in [1.807, 2.05) is 55.9 Å². The molecule has 1 aliphatic heterocycles. The fourth-order valence-corrected chi connectivity index (χ4v) is 7.45. The summed E-state index contributed by atoms with van der Waals surface area (Å²) < 4.78 is 56.9. The van der Waals surface area contributed by atoms with Gasteiger partial charge in [-0.15, -0.1) is 11.3 Å². The van der Waals surface area contributed by atoms with Crippen LogP contribution in [0.5, 0.6) is 5.75 Å². The Morgan fingerprint density at radius 2 is 1.92 bits per heavy atom. The summed E-state index contributed by atoms with van der Waals surface area (Å²) in [5.41, 5.74) is 3.18. The summed E-state index contributed by atoms with van der Waals surface area (Å²) in [4.78, 5) is 19.5. The van der Waals surface area contributed by atoms with Crippen LogP contribution in [0.25, 0.3) is 54.8 Å². The fourth-order valence-electron chi connectivity index (χ4n) is 6.52. The second-order valence-corrected chi connectivity index (χ2v) is 13.1. The van der Waals surface area contributed by atoms with E-state index >= 15 is 8.78 Å². The number of ether oxygens (including phenoxy) is 1. The topological polar surface area (TPSA) is 85.4 Å². The molecule has 2 aromatic carbocycles. The van der Waals surface area contributed by atoms with Gasteiger partial charge in [0.25, 0.3) is 0 Å². The zero-order valence-corrected chi connectivity index (χ0v) is 27.5. The largest absolute Gasteiger partial charge is 0.490 e. The van der Waals surface area contributed by atoms with E-state index in [2.05, 4.69) is 6.58 Å². The zero-order valence-electron chi connectivity index (χ0n) is 26.7. The maximum atomic E-state index is 16.1. The number of hydrogen-bond acceptors (Lipinski definition) is 6. The maximum Gasteiger partial charge on any atom is 0.246 e. The number of aliphatic hydroxyl groups excluding tert-OH is 1. The molecular weight excluding hydrogens is 639 g/mol. The Morgan fingerprint density at radius 1 is 1.12 bits per heavy atom. The van der Waals surface area contributed by atoms with Crippen LogP contribution in [0.15, 0.2) is 66.7 Å². The predicted molar refractivity (Wildman–Crippen MR) is 180 cm³/mol. The monoisotopic (exact) mass is 671 g/mol. The van der Waals surface area contributed by atoms with Gasteiger partial charge < -0.3 is 19.3 Å². The number of carbonyl (C=O) groups is 1. The number of carbonyl (C=O) groups excluding carboxylic acids is 1. The summed E-state index contributed by atoms with van der Waals surface area (Å²) in [6, 6.07) is 10.7. The van der Waals surface area contributed by atoms with Gasteiger partial charge in [0.2, 0.25) is 5.91 Å². The van der Waals surface area contributed by atoms with Crippen molar-refractivity contribution in [2.24, 2.45) is 7.05 Å². The number of halogens is 3. The van der Waals surface area contributed by atoms with Gasteiger partial charge in [-0.1, -0.05) is 12.6 Å². The minimum absolute atomic E-state index is 0.0427. The number of rotatable bonds is 7. The third-order valence-corrected chi connectivity index (χ3v) is 9.78. The molecule has 246 valence electrons. The Balaban J connectivity index is 1.55. The van der Waals surface area contributed by atoms with Crippen molar-refractivity contribution >= 4 is 38.2 Å². The number of nitrogens with zero attached hydrogens (tertiary/aromatic N) is 5. The molecule has 1 aliphatic rings. The Bertz CT molecular complexity index is 2250. The highest BCUT2D eigenvalue weighted by molar-refractivity contribution is 7.17. The van der Waals surface area contributed by atoms with Crippen LogP contribution in [0.4, 0.5) is 13.2 Å². The molecule has 0 saturated carbocycles. The van der Waals surface area contributed by atoms with Crippen LogP contribution in [-0.4, -0.2) is 54.5 Å². The van der Waals surface area contributed by atoms with Crippen molar-refractivity contribution in [2.45, 2.75) is 39.0 Å². The van der Waals surface area contributed by atoms with Crippen LogP contribution in [0.3, 0.4) is 0 Å². The van der Waals surface area contributed by atoms with Gasteiger partial charge in [-0.05, 0) is 51.1 Å². The molecule has 8 nitrogen and oxygen atoms in total. The zero-order chi connectivity index (χ0) is 34.0. The van der Waals surface area contributed by atoms with E-state index in [0.29, 0.717) is 40.0 Å². The van der Waals surface area contributed by atoms with Crippen molar-refractivity contribution in [1.82, 2.24) is 24.2 Å². The molecule has 12 heteroatoms. The van der Waals surface area contributed by atoms with Gasteiger partial charge in [0.05, 0.1) is 39.8 Å². The number of pyridine rings is 1. The lowest BCUT2D eigenvalue weighted by molar-refractivity contribution is -0.129. The highest BCUT2D eigenvalue weighted by atomic mass is 32.1. The SMILES string of the molecule is C=CC(=O)N1C[C@H](C)n2nc(-c3nc(-c4ccc5c(ccn5C)c4)c4scc(F)c4c3-c3c(F)cc(F)cc3OCC(C)O)cc2[C@H]1C. The van der Waals surface area contributed by atoms with E-state index in [1.54, 1.807) is 15.6 Å². The molecule has 48 heavy (non-hydrogen) atoms. The molecule has 0 radical (unpaired) electrons. The lowest BCUT2D eigenvalue weighted by Crippen LogP contribution is -2.42. The first kappa shape index (κ1) is 31.6. The molecule has 7 rings (SSSR count). The van der Waals surface area contributed by atoms with Crippen LogP contribution in [0.1, 0.15) is 38.5 Å². The Labute approximate surface area is 278 Å². The van der Waals surface area contributed by atoms with Crippen LogP contribution < -0.4 is 4.74 Å². The summed E-state index contributed by atoms with van der Waals surface area (Å²) in [5.74, 6) is -2.94. The number of hydrogen-bond donors (Lipinski definition) is 1. The molecule has 0 saturated heterocycles. The standard InChI is InChI=1S/C36H32F3N5O3S/c1-6-30(46)43-15-18(2)44-28(20(43)4)14-26(41-44)35-33(31-24(38)12-23(37)13-29(31)47-16-19(3)45)32-25(39)17-48-36(32)34(40-35)22-7-8-27-21(11-22)9-10-42(27)5/h6-14,17-20,45H,1,15-16H2,2-5H3/t18-,19?,20+/m0/s1. The highest BCUT2D eigenvalue weighted by Gasteiger charge is 2.34. The first-order valence-corrected chi connectivity index (χ1v) is 16.3.